The highest BCUT2D eigenvalue weighted by Gasteiger charge is 2.31. The van der Waals surface area contributed by atoms with Crippen LogP contribution >= 0.6 is 0 Å². The summed E-state index contributed by atoms with van der Waals surface area (Å²) < 4.78 is 4.40. The quantitative estimate of drug-likeness (QED) is 0.390. The van der Waals surface area contributed by atoms with E-state index in [0.717, 1.165) is 0 Å². The molecule has 1 unspecified atom stereocenters. The number of amides is 1. The number of esters is 1. The zero-order valence-electron chi connectivity index (χ0n) is 5.72. The van der Waals surface area contributed by atoms with Crippen molar-refractivity contribution in [2.45, 2.75) is 6.42 Å². The van der Waals surface area contributed by atoms with Gasteiger partial charge in [-0.3, -0.25) is 9.59 Å². The predicted octanol–water partition coefficient (Wildman–Crippen LogP) is -0.705. The van der Waals surface area contributed by atoms with Gasteiger partial charge in [-0.1, -0.05) is 0 Å². The number of carbonyl (C=O) groups is 2. The molecule has 0 aliphatic carbocycles. The van der Waals surface area contributed by atoms with Crippen molar-refractivity contribution >= 4 is 11.9 Å². The van der Waals surface area contributed by atoms with E-state index in [-0.39, 0.29) is 5.91 Å². The molecule has 1 rings (SSSR count). The van der Waals surface area contributed by atoms with Gasteiger partial charge in [-0.2, -0.15) is 0 Å². The number of hydrogen-bond donors (Lipinski definition) is 1. The molecule has 4 heteroatoms. The lowest BCUT2D eigenvalue weighted by Gasteiger charge is -2.01. The largest absolute Gasteiger partial charge is 0.468 e. The highest BCUT2D eigenvalue weighted by atomic mass is 16.5. The molecule has 0 aromatic carbocycles. The van der Waals surface area contributed by atoms with Crippen LogP contribution < -0.4 is 5.32 Å². The van der Waals surface area contributed by atoms with Crippen LogP contribution in [0.2, 0.25) is 0 Å². The van der Waals surface area contributed by atoms with Crippen molar-refractivity contribution in [1.29, 1.82) is 0 Å². The SMILES string of the molecule is COC(=O)C1CCNC1=O. The summed E-state index contributed by atoms with van der Waals surface area (Å²) in [7, 11) is 1.29. The maximum absolute atomic E-state index is 10.8. The lowest BCUT2D eigenvalue weighted by Crippen LogP contribution is -2.25. The molecule has 0 aromatic rings. The molecule has 0 saturated carbocycles. The second-order valence-corrected chi connectivity index (χ2v) is 2.16. The Balaban J connectivity index is 2.55. The summed E-state index contributed by atoms with van der Waals surface area (Å²) in [6.45, 7) is 0.582. The molecule has 0 aromatic heterocycles. The third-order valence-electron chi connectivity index (χ3n) is 1.53. The summed E-state index contributed by atoms with van der Waals surface area (Å²) in [4.78, 5) is 21.5. The van der Waals surface area contributed by atoms with Crippen LogP contribution in [-0.2, 0) is 14.3 Å². The molecule has 0 spiro atoms. The van der Waals surface area contributed by atoms with E-state index in [1.165, 1.54) is 7.11 Å². The van der Waals surface area contributed by atoms with Gasteiger partial charge in [-0.15, -0.1) is 0 Å². The van der Waals surface area contributed by atoms with Gasteiger partial charge in [0.1, 0.15) is 5.92 Å². The van der Waals surface area contributed by atoms with Gasteiger partial charge in [0.05, 0.1) is 7.11 Å². The van der Waals surface area contributed by atoms with E-state index >= 15 is 0 Å². The van der Waals surface area contributed by atoms with E-state index in [2.05, 4.69) is 10.1 Å². The number of carbonyl (C=O) groups excluding carboxylic acids is 2. The van der Waals surface area contributed by atoms with Gasteiger partial charge in [0.25, 0.3) is 0 Å². The van der Waals surface area contributed by atoms with Crippen LogP contribution in [0, 0.1) is 5.92 Å². The molecule has 1 N–H and O–H groups in total. The van der Waals surface area contributed by atoms with Crippen LogP contribution in [0.25, 0.3) is 0 Å². The highest BCUT2D eigenvalue weighted by molar-refractivity contribution is 5.99. The summed E-state index contributed by atoms with van der Waals surface area (Å²) in [5.41, 5.74) is 0. The summed E-state index contributed by atoms with van der Waals surface area (Å²) in [6, 6.07) is 0. The summed E-state index contributed by atoms with van der Waals surface area (Å²) in [5.74, 6) is -1.22. The Bertz CT molecular complexity index is 166. The van der Waals surface area contributed by atoms with E-state index < -0.39 is 11.9 Å². The van der Waals surface area contributed by atoms with Crippen LogP contribution in [0.1, 0.15) is 6.42 Å². The van der Waals surface area contributed by atoms with E-state index in [1.807, 2.05) is 0 Å². The fourth-order valence-corrected chi connectivity index (χ4v) is 0.961. The van der Waals surface area contributed by atoms with Gasteiger partial charge in [0, 0.05) is 6.54 Å². The fraction of sp³-hybridized carbons (Fsp3) is 0.667. The average Bonchev–Trinajstić information content (AvgIpc) is 2.34. The minimum atomic E-state index is -0.565. The first-order valence-corrected chi connectivity index (χ1v) is 3.11. The third kappa shape index (κ3) is 1.10. The second-order valence-electron chi connectivity index (χ2n) is 2.16. The minimum Gasteiger partial charge on any atom is -0.468 e. The topological polar surface area (TPSA) is 55.4 Å². The number of nitrogens with one attached hydrogen (secondary N) is 1. The average molecular weight is 143 g/mol. The van der Waals surface area contributed by atoms with Crippen LogP contribution in [0.5, 0.6) is 0 Å². The molecular formula is C6H9NO3. The van der Waals surface area contributed by atoms with Gasteiger partial charge in [0.15, 0.2) is 0 Å². The number of ether oxygens (including phenoxy) is 1. The molecule has 1 atom stereocenters. The van der Waals surface area contributed by atoms with Crippen LogP contribution in [0.4, 0.5) is 0 Å². The van der Waals surface area contributed by atoms with Gasteiger partial charge in [-0.25, -0.2) is 0 Å². The highest BCUT2D eigenvalue weighted by Crippen LogP contribution is 2.09. The Kier molecular flexibility index (Phi) is 1.89. The maximum Gasteiger partial charge on any atom is 0.318 e. The van der Waals surface area contributed by atoms with Gasteiger partial charge in [0.2, 0.25) is 5.91 Å². The Morgan fingerprint density at radius 3 is 2.90 bits per heavy atom. The number of methoxy groups -OCH3 is 1. The molecule has 1 aliphatic heterocycles. The molecule has 0 radical (unpaired) electrons. The van der Waals surface area contributed by atoms with Crippen molar-refractivity contribution < 1.29 is 14.3 Å². The molecular weight excluding hydrogens is 134 g/mol. The van der Waals surface area contributed by atoms with E-state index in [0.29, 0.717) is 13.0 Å². The second kappa shape index (κ2) is 2.68. The zero-order valence-corrected chi connectivity index (χ0v) is 5.72. The molecule has 1 amide bonds. The fourth-order valence-electron chi connectivity index (χ4n) is 0.961. The molecule has 4 nitrogen and oxygen atoms in total. The van der Waals surface area contributed by atoms with E-state index in [1.54, 1.807) is 0 Å². The van der Waals surface area contributed by atoms with Crippen molar-refractivity contribution in [3.05, 3.63) is 0 Å². The molecule has 1 saturated heterocycles. The molecule has 1 heterocycles. The summed E-state index contributed by atoms with van der Waals surface area (Å²) in [5, 5.41) is 2.55. The van der Waals surface area contributed by atoms with E-state index in [9.17, 15) is 9.59 Å². The first-order chi connectivity index (χ1) is 4.75. The number of hydrogen-bond acceptors (Lipinski definition) is 3. The Morgan fingerprint density at radius 1 is 1.80 bits per heavy atom. The zero-order chi connectivity index (χ0) is 7.56. The molecule has 1 fully saturated rings. The van der Waals surface area contributed by atoms with Crippen molar-refractivity contribution in [2.75, 3.05) is 13.7 Å². The van der Waals surface area contributed by atoms with Gasteiger partial charge >= 0.3 is 5.97 Å². The first-order valence-electron chi connectivity index (χ1n) is 3.11. The lowest BCUT2D eigenvalue weighted by atomic mass is 10.1. The maximum atomic E-state index is 10.8. The van der Waals surface area contributed by atoms with Gasteiger partial charge in [-0.05, 0) is 6.42 Å². The lowest BCUT2D eigenvalue weighted by molar-refractivity contribution is -0.148. The first kappa shape index (κ1) is 7.05. The van der Waals surface area contributed by atoms with Crippen molar-refractivity contribution in [1.82, 2.24) is 5.32 Å². The Hall–Kier alpha value is -1.06. The standard InChI is InChI=1S/C6H9NO3/c1-10-6(9)4-2-3-7-5(4)8/h4H,2-3H2,1H3,(H,7,8). The van der Waals surface area contributed by atoms with Gasteiger partial charge < -0.3 is 10.1 Å². The molecule has 10 heavy (non-hydrogen) atoms. The summed E-state index contributed by atoms with van der Waals surface area (Å²) in [6.07, 6.45) is 0.561. The van der Waals surface area contributed by atoms with Crippen molar-refractivity contribution in [2.24, 2.45) is 5.92 Å². The van der Waals surface area contributed by atoms with Crippen LogP contribution in [-0.4, -0.2) is 25.5 Å². The molecule has 56 valence electrons. The monoisotopic (exact) mass is 143 g/mol. The van der Waals surface area contributed by atoms with Crippen molar-refractivity contribution in [3.8, 4) is 0 Å². The summed E-state index contributed by atoms with van der Waals surface area (Å²) >= 11 is 0. The predicted molar refractivity (Wildman–Crippen MR) is 33.1 cm³/mol. The smallest absolute Gasteiger partial charge is 0.318 e. The minimum absolute atomic E-state index is 0.216. The van der Waals surface area contributed by atoms with E-state index in [4.69, 9.17) is 0 Å². The van der Waals surface area contributed by atoms with Crippen LogP contribution in [0.15, 0.2) is 0 Å². The Labute approximate surface area is 58.5 Å². The number of rotatable bonds is 1. The van der Waals surface area contributed by atoms with Crippen LogP contribution in [0.3, 0.4) is 0 Å². The molecule has 1 aliphatic rings. The Morgan fingerprint density at radius 2 is 2.50 bits per heavy atom. The molecule has 0 bridgehead atoms. The normalized spacial score (nSPS) is 24.1. The van der Waals surface area contributed by atoms with Crippen molar-refractivity contribution in [3.63, 3.8) is 0 Å². The third-order valence-corrected chi connectivity index (χ3v) is 1.53.